The molecule has 0 aliphatic carbocycles. The van der Waals surface area contributed by atoms with Gasteiger partial charge in [-0.25, -0.2) is 0 Å². The Morgan fingerprint density at radius 3 is 2.87 bits per heavy atom. The molecular weight excluding hydrogens is 222 g/mol. The predicted octanol–water partition coefficient (Wildman–Crippen LogP) is -1.30. The normalized spacial score (nSPS) is 27.1. The molecule has 0 aromatic heterocycles. The maximum Gasteiger partial charge on any atom is 0.264 e. The third kappa shape index (κ3) is 5.43. The molecule has 0 unspecified atom stereocenters. The monoisotopic (exact) mass is 239 g/mol. The van der Waals surface area contributed by atoms with Crippen LogP contribution in [0.5, 0.6) is 0 Å². The molecule has 0 spiro atoms. The van der Waals surface area contributed by atoms with Gasteiger partial charge in [0.05, 0.1) is 32.2 Å². The van der Waals surface area contributed by atoms with Gasteiger partial charge in [0, 0.05) is 12.6 Å². The fraction of sp³-hybridized carbons (Fsp3) is 1.00. The Balaban J connectivity index is 2.21. The zero-order chi connectivity index (χ0) is 11.3. The maximum absolute atomic E-state index is 10.8. The van der Waals surface area contributed by atoms with Crippen molar-refractivity contribution in [2.24, 2.45) is 0 Å². The summed E-state index contributed by atoms with van der Waals surface area (Å²) in [6.07, 6.45) is 1.35. The molecule has 0 aromatic carbocycles. The van der Waals surface area contributed by atoms with E-state index in [0.717, 1.165) is 6.26 Å². The Morgan fingerprint density at radius 2 is 2.27 bits per heavy atom. The van der Waals surface area contributed by atoms with E-state index in [1.165, 1.54) is 0 Å². The van der Waals surface area contributed by atoms with Crippen LogP contribution >= 0.6 is 0 Å². The standard InChI is InChI=1S/C8H17NO5S/c1-15(11,12)14-8-4-7(9-5-8)6-13-3-2-10/h7-10H,2-6H2,1H3/t7-,8+/m0/s1. The fourth-order valence-electron chi connectivity index (χ4n) is 1.52. The van der Waals surface area contributed by atoms with Crippen LogP contribution in [0.2, 0.25) is 0 Å². The van der Waals surface area contributed by atoms with Crippen LogP contribution in [-0.4, -0.2) is 58.3 Å². The topological polar surface area (TPSA) is 84.9 Å². The zero-order valence-corrected chi connectivity index (χ0v) is 9.50. The number of ether oxygens (including phenoxy) is 1. The molecule has 1 rings (SSSR count). The predicted molar refractivity (Wildman–Crippen MR) is 54.0 cm³/mol. The van der Waals surface area contributed by atoms with Gasteiger partial charge in [0.2, 0.25) is 0 Å². The summed E-state index contributed by atoms with van der Waals surface area (Å²) in [6.45, 7) is 1.27. The molecule has 2 N–H and O–H groups in total. The summed E-state index contributed by atoms with van der Waals surface area (Å²) in [4.78, 5) is 0. The average Bonchev–Trinajstić information content (AvgIpc) is 2.50. The molecule has 1 saturated heterocycles. The van der Waals surface area contributed by atoms with Crippen LogP contribution in [0, 0.1) is 0 Å². The van der Waals surface area contributed by atoms with Crippen molar-refractivity contribution in [1.82, 2.24) is 5.32 Å². The molecule has 0 radical (unpaired) electrons. The van der Waals surface area contributed by atoms with Crippen molar-refractivity contribution < 1.29 is 22.4 Å². The van der Waals surface area contributed by atoms with Crippen molar-refractivity contribution in [2.45, 2.75) is 18.6 Å². The molecule has 6 nitrogen and oxygen atoms in total. The Hall–Kier alpha value is -0.210. The smallest absolute Gasteiger partial charge is 0.264 e. The summed E-state index contributed by atoms with van der Waals surface area (Å²) in [5, 5.41) is 11.6. The molecule has 2 atom stereocenters. The Morgan fingerprint density at radius 1 is 1.53 bits per heavy atom. The second-order valence-electron chi connectivity index (χ2n) is 3.56. The summed E-state index contributed by atoms with van der Waals surface area (Å²) in [7, 11) is -3.38. The Bertz CT molecular complexity index is 279. The highest BCUT2D eigenvalue weighted by Crippen LogP contribution is 2.12. The van der Waals surface area contributed by atoms with Crippen LogP contribution in [0.15, 0.2) is 0 Å². The van der Waals surface area contributed by atoms with Gasteiger partial charge in [0.15, 0.2) is 0 Å². The molecule has 90 valence electrons. The molecule has 0 bridgehead atoms. The largest absolute Gasteiger partial charge is 0.394 e. The van der Waals surface area contributed by atoms with Crippen LogP contribution in [0.25, 0.3) is 0 Å². The van der Waals surface area contributed by atoms with Gasteiger partial charge in [-0.2, -0.15) is 8.42 Å². The molecule has 1 aliphatic heterocycles. The molecule has 1 aliphatic rings. The quantitative estimate of drug-likeness (QED) is 0.443. The van der Waals surface area contributed by atoms with Crippen LogP contribution in [0.4, 0.5) is 0 Å². The first-order chi connectivity index (χ1) is 7.01. The lowest BCUT2D eigenvalue weighted by atomic mass is 10.2. The van der Waals surface area contributed by atoms with Gasteiger partial charge in [0.1, 0.15) is 0 Å². The molecule has 1 fully saturated rings. The van der Waals surface area contributed by atoms with Gasteiger partial charge in [-0.05, 0) is 6.42 Å². The molecule has 0 amide bonds. The molecule has 7 heteroatoms. The van der Waals surface area contributed by atoms with E-state index in [1.54, 1.807) is 0 Å². The lowest BCUT2D eigenvalue weighted by Gasteiger charge is -2.10. The van der Waals surface area contributed by atoms with E-state index in [-0.39, 0.29) is 18.8 Å². The van der Waals surface area contributed by atoms with E-state index in [0.29, 0.717) is 26.2 Å². The zero-order valence-electron chi connectivity index (χ0n) is 8.68. The summed E-state index contributed by atoms with van der Waals surface area (Å²) in [5.74, 6) is 0. The van der Waals surface area contributed by atoms with Crippen molar-refractivity contribution >= 4 is 10.1 Å². The second kappa shape index (κ2) is 5.76. The Labute approximate surface area is 89.7 Å². The minimum absolute atomic E-state index is 0.00398. The highest BCUT2D eigenvalue weighted by Gasteiger charge is 2.27. The van der Waals surface area contributed by atoms with Gasteiger partial charge in [-0.3, -0.25) is 4.18 Å². The van der Waals surface area contributed by atoms with E-state index in [4.69, 9.17) is 14.0 Å². The van der Waals surface area contributed by atoms with Crippen molar-refractivity contribution in [2.75, 3.05) is 32.6 Å². The molecule has 0 saturated carbocycles. The van der Waals surface area contributed by atoms with E-state index in [2.05, 4.69) is 5.32 Å². The number of hydrogen-bond acceptors (Lipinski definition) is 6. The summed E-state index contributed by atoms with van der Waals surface area (Å²) in [6, 6.07) is 0.100. The van der Waals surface area contributed by atoms with E-state index in [1.807, 2.05) is 0 Å². The molecule has 0 aromatic rings. The summed E-state index contributed by atoms with van der Waals surface area (Å²) in [5.41, 5.74) is 0. The van der Waals surface area contributed by atoms with Crippen LogP contribution in [-0.2, 0) is 19.0 Å². The van der Waals surface area contributed by atoms with Crippen LogP contribution < -0.4 is 5.32 Å². The SMILES string of the molecule is CS(=O)(=O)O[C@H]1CN[C@H](COCCO)C1. The van der Waals surface area contributed by atoms with Gasteiger partial charge < -0.3 is 15.2 Å². The van der Waals surface area contributed by atoms with Crippen molar-refractivity contribution in [3.05, 3.63) is 0 Å². The summed E-state index contributed by atoms with van der Waals surface area (Å²) < 4.78 is 31.6. The van der Waals surface area contributed by atoms with Crippen LogP contribution in [0.3, 0.4) is 0 Å². The van der Waals surface area contributed by atoms with Crippen molar-refractivity contribution in [3.8, 4) is 0 Å². The number of nitrogens with one attached hydrogen (secondary N) is 1. The third-order valence-electron chi connectivity index (χ3n) is 2.05. The van der Waals surface area contributed by atoms with Crippen molar-refractivity contribution in [1.29, 1.82) is 0 Å². The second-order valence-corrected chi connectivity index (χ2v) is 5.16. The average molecular weight is 239 g/mol. The van der Waals surface area contributed by atoms with Gasteiger partial charge >= 0.3 is 0 Å². The van der Waals surface area contributed by atoms with Crippen LogP contribution in [0.1, 0.15) is 6.42 Å². The van der Waals surface area contributed by atoms with Gasteiger partial charge in [0.25, 0.3) is 10.1 Å². The van der Waals surface area contributed by atoms with Gasteiger partial charge in [-0.15, -0.1) is 0 Å². The number of hydrogen-bond donors (Lipinski definition) is 2. The molecule has 15 heavy (non-hydrogen) atoms. The Kier molecular flexibility index (Phi) is 4.94. The first-order valence-electron chi connectivity index (χ1n) is 4.81. The highest BCUT2D eigenvalue weighted by atomic mass is 32.2. The lowest BCUT2D eigenvalue weighted by Crippen LogP contribution is -2.27. The van der Waals surface area contributed by atoms with E-state index >= 15 is 0 Å². The molecule has 1 heterocycles. The molecular formula is C8H17NO5S. The van der Waals surface area contributed by atoms with E-state index < -0.39 is 10.1 Å². The third-order valence-corrected chi connectivity index (χ3v) is 2.67. The minimum atomic E-state index is -3.38. The minimum Gasteiger partial charge on any atom is -0.394 e. The lowest BCUT2D eigenvalue weighted by molar-refractivity contribution is 0.0782. The first-order valence-corrected chi connectivity index (χ1v) is 6.63. The van der Waals surface area contributed by atoms with Gasteiger partial charge in [-0.1, -0.05) is 0 Å². The van der Waals surface area contributed by atoms with E-state index in [9.17, 15) is 8.42 Å². The van der Waals surface area contributed by atoms with Crippen molar-refractivity contribution in [3.63, 3.8) is 0 Å². The maximum atomic E-state index is 10.8. The summed E-state index contributed by atoms with van der Waals surface area (Å²) >= 11 is 0. The highest BCUT2D eigenvalue weighted by molar-refractivity contribution is 7.86. The fourth-order valence-corrected chi connectivity index (χ4v) is 2.16. The number of aliphatic hydroxyl groups excluding tert-OH is 1. The first kappa shape index (κ1) is 12.9. The number of rotatable bonds is 6. The number of aliphatic hydroxyl groups is 1.